The minimum absolute atomic E-state index is 0.246. The number of aromatic amines is 1. The van der Waals surface area contributed by atoms with E-state index in [2.05, 4.69) is 20.0 Å². The fourth-order valence-corrected chi connectivity index (χ4v) is 0.907. The van der Waals surface area contributed by atoms with Crippen molar-refractivity contribution in [1.29, 1.82) is 0 Å². The van der Waals surface area contributed by atoms with Crippen LogP contribution in [0.5, 0.6) is 0 Å². The van der Waals surface area contributed by atoms with Crippen molar-refractivity contribution in [2.24, 2.45) is 0 Å². The van der Waals surface area contributed by atoms with Gasteiger partial charge < -0.3 is 15.0 Å². The van der Waals surface area contributed by atoms with Gasteiger partial charge in [-0.05, 0) is 0 Å². The average Bonchev–Trinajstić information content (AvgIpc) is 2.64. The second-order valence-electron chi connectivity index (χ2n) is 2.58. The van der Waals surface area contributed by atoms with Gasteiger partial charge in [-0.25, -0.2) is 4.98 Å². The van der Waals surface area contributed by atoms with Gasteiger partial charge in [-0.1, -0.05) is 0 Å². The zero-order chi connectivity index (χ0) is 9.52. The standard InChI is InChI=1S/C8H13N3O2/c1-13-8(12)5-9-3-2-7-4-10-6-11-7/h4,6,9H,2-3,5H2,1H3,(H,10,11). The van der Waals surface area contributed by atoms with Crippen LogP contribution in [0.25, 0.3) is 0 Å². The first-order chi connectivity index (χ1) is 6.33. The van der Waals surface area contributed by atoms with Crippen molar-refractivity contribution in [2.45, 2.75) is 6.42 Å². The maximum absolute atomic E-state index is 10.7. The van der Waals surface area contributed by atoms with E-state index in [0.717, 1.165) is 18.7 Å². The van der Waals surface area contributed by atoms with Crippen molar-refractivity contribution < 1.29 is 9.53 Å². The van der Waals surface area contributed by atoms with Crippen LogP contribution in [0.4, 0.5) is 0 Å². The highest BCUT2D eigenvalue weighted by Gasteiger charge is 1.98. The molecule has 0 saturated carbocycles. The predicted octanol–water partition coefficient (Wildman–Crippen LogP) is -0.285. The molecule has 0 aromatic carbocycles. The molecular formula is C8H13N3O2. The van der Waals surface area contributed by atoms with E-state index in [9.17, 15) is 4.79 Å². The predicted molar refractivity (Wildman–Crippen MR) is 47.2 cm³/mol. The van der Waals surface area contributed by atoms with Crippen LogP contribution >= 0.6 is 0 Å². The van der Waals surface area contributed by atoms with Gasteiger partial charge in [0.25, 0.3) is 0 Å². The van der Waals surface area contributed by atoms with Crippen LogP contribution < -0.4 is 5.32 Å². The third kappa shape index (κ3) is 3.71. The molecule has 1 heterocycles. The van der Waals surface area contributed by atoms with Crippen LogP contribution in [0.1, 0.15) is 5.69 Å². The summed E-state index contributed by atoms with van der Waals surface area (Å²) in [4.78, 5) is 17.5. The number of nitrogens with one attached hydrogen (secondary N) is 2. The molecule has 13 heavy (non-hydrogen) atoms. The largest absolute Gasteiger partial charge is 0.468 e. The second kappa shape index (κ2) is 5.31. The molecule has 0 radical (unpaired) electrons. The van der Waals surface area contributed by atoms with Crippen molar-refractivity contribution in [3.05, 3.63) is 18.2 Å². The van der Waals surface area contributed by atoms with Gasteiger partial charge in [0.2, 0.25) is 0 Å². The maximum atomic E-state index is 10.7. The van der Waals surface area contributed by atoms with Gasteiger partial charge in [-0.15, -0.1) is 0 Å². The van der Waals surface area contributed by atoms with E-state index in [0.29, 0.717) is 0 Å². The van der Waals surface area contributed by atoms with Crippen molar-refractivity contribution in [1.82, 2.24) is 15.3 Å². The third-order valence-corrected chi connectivity index (χ3v) is 1.62. The molecule has 1 aromatic rings. The molecule has 0 amide bonds. The Morgan fingerprint density at radius 1 is 1.77 bits per heavy atom. The lowest BCUT2D eigenvalue weighted by molar-refractivity contribution is -0.139. The van der Waals surface area contributed by atoms with E-state index in [4.69, 9.17) is 0 Å². The van der Waals surface area contributed by atoms with Crippen molar-refractivity contribution >= 4 is 5.97 Å². The Bertz CT molecular complexity index is 246. The number of H-pyrrole nitrogens is 1. The molecular weight excluding hydrogens is 170 g/mol. The molecule has 72 valence electrons. The van der Waals surface area contributed by atoms with Crippen LogP contribution in [0.3, 0.4) is 0 Å². The van der Waals surface area contributed by atoms with E-state index in [-0.39, 0.29) is 12.5 Å². The summed E-state index contributed by atoms with van der Waals surface area (Å²) in [5, 5.41) is 2.95. The maximum Gasteiger partial charge on any atom is 0.319 e. The average molecular weight is 183 g/mol. The Balaban J connectivity index is 2.05. The Kier molecular flexibility index (Phi) is 3.98. The summed E-state index contributed by atoms with van der Waals surface area (Å²) < 4.78 is 4.47. The number of rotatable bonds is 5. The van der Waals surface area contributed by atoms with E-state index in [1.165, 1.54) is 7.11 Å². The molecule has 1 rings (SSSR count). The summed E-state index contributed by atoms with van der Waals surface area (Å²) in [6.07, 6.45) is 4.23. The van der Waals surface area contributed by atoms with E-state index < -0.39 is 0 Å². The summed E-state index contributed by atoms with van der Waals surface area (Å²) in [5.74, 6) is -0.246. The number of imidazole rings is 1. The first-order valence-electron chi connectivity index (χ1n) is 4.07. The molecule has 0 aliphatic rings. The number of nitrogens with zero attached hydrogens (tertiary/aromatic N) is 1. The highest BCUT2D eigenvalue weighted by molar-refractivity contribution is 5.71. The van der Waals surface area contributed by atoms with Gasteiger partial charge in [0, 0.05) is 24.9 Å². The fraction of sp³-hybridized carbons (Fsp3) is 0.500. The number of ether oxygens (including phenoxy) is 1. The van der Waals surface area contributed by atoms with Crippen LogP contribution in [-0.2, 0) is 16.0 Å². The SMILES string of the molecule is COC(=O)CNCCc1cnc[nH]1. The lowest BCUT2D eigenvalue weighted by atomic mass is 10.3. The molecule has 0 fully saturated rings. The van der Waals surface area contributed by atoms with Gasteiger partial charge in [0.1, 0.15) is 0 Å². The molecule has 0 atom stereocenters. The molecule has 0 aliphatic carbocycles. The topological polar surface area (TPSA) is 67.0 Å². The molecule has 5 heteroatoms. The molecule has 0 unspecified atom stereocenters. The van der Waals surface area contributed by atoms with Gasteiger partial charge >= 0.3 is 5.97 Å². The Labute approximate surface area is 76.5 Å². The number of carbonyl (C=O) groups is 1. The minimum Gasteiger partial charge on any atom is -0.468 e. The molecule has 0 spiro atoms. The second-order valence-corrected chi connectivity index (χ2v) is 2.58. The van der Waals surface area contributed by atoms with Gasteiger partial charge in [0.05, 0.1) is 20.0 Å². The van der Waals surface area contributed by atoms with E-state index >= 15 is 0 Å². The van der Waals surface area contributed by atoms with E-state index in [1.54, 1.807) is 12.5 Å². The summed E-state index contributed by atoms with van der Waals surface area (Å²) in [5.41, 5.74) is 1.05. The number of esters is 1. The Morgan fingerprint density at radius 3 is 3.23 bits per heavy atom. The molecule has 5 nitrogen and oxygen atoms in total. The lowest BCUT2D eigenvalue weighted by Gasteiger charge is -2.01. The zero-order valence-corrected chi connectivity index (χ0v) is 7.54. The summed E-state index contributed by atoms with van der Waals surface area (Å²) in [6, 6.07) is 0. The van der Waals surface area contributed by atoms with Crippen LogP contribution in [-0.4, -0.2) is 36.1 Å². The summed E-state index contributed by atoms with van der Waals surface area (Å²) in [7, 11) is 1.37. The number of hydrogen-bond donors (Lipinski definition) is 2. The van der Waals surface area contributed by atoms with Crippen molar-refractivity contribution in [3.8, 4) is 0 Å². The molecule has 0 saturated heterocycles. The first kappa shape index (κ1) is 9.73. The summed E-state index contributed by atoms with van der Waals surface area (Å²) in [6.45, 7) is 0.988. The number of carbonyl (C=O) groups excluding carboxylic acids is 1. The fourth-order valence-electron chi connectivity index (χ4n) is 0.907. The number of aromatic nitrogens is 2. The quantitative estimate of drug-likeness (QED) is 0.486. The highest BCUT2D eigenvalue weighted by atomic mass is 16.5. The monoisotopic (exact) mass is 183 g/mol. The van der Waals surface area contributed by atoms with Crippen LogP contribution in [0, 0.1) is 0 Å². The number of methoxy groups -OCH3 is 1. The van der Waals surface area contributed by atoms with Crippen LogP contribution in [0.2, 0.25) is 0 Å². The normalized spacial score (nSPS) is 9.92. The molecule has 0 bridgehead atoms. The smallest absolute Gasteiger partial charge is 0.319 e. The number of hydrogen-bond acceptors (Lipinski definition) is 4. The van der Waals surface area contributed by atoms with Gasteiger partial charge in [-0.2, -0.15) is 0 Å². The molecule has 1 aromatic heterocycles. The van der Waals surface area contributed by atoms with Gasteiger partial charge in [0.15, 0.2) is 0 Å². The minimum atomic E-state index is -0.246. The molecule has 2 N–H and O–H groups in total. The summed E-state index contributed by atoms with van der Waals surface area (Å²) >= 11 is 0. The van der Waals surface area contributed by atoms with Crippen molar-refractivity contribution in [3.63, 3.8) is 0 Å². The van der Waals surface area contributed by atoms with Crippen molar-refractivity contribution in [2.75, 3.05) is 20.2 Å². The molecule has 0 aliphatic heterocycles. The lowest BCUT2D eigenvalue weighted by Crippen LogP contribution is -2.25. The first-order valence-corrected chi connectivity index (χ1v) is 4.07. The van der Waals surface area contributed by atoms with Crippen LogP contribution in [0.15, 0.2) is 12.5 Å². The Hall–Kier alpha value is -1.36. The zero-order valence-electron chi connectivity index (χ0n) is 7.54. The van der Waals surface area contributed by atoms with Gasteiger partial charge in [-0.3, -0.25) is 4.79 Å². The third-order valence-electron chi connectivity index (χ3n) is 1.62. The van der Waals surface area contributed by atoms with E-state index in [1.807, 2.05) is 0 Å². The Morgan fingerprint density at radius 2 is 2.62 bits per heavy atom. The highest BCUT2D eigenvalue weighted by Crippen LogP contribution is 1.89.